The van der Waals surface area contributed by atoms with Crippen LogP contribution in [0.25, 0.3) is 0 Å². The lowest BCUT2D eigenvalue weighted by Gasteiger charge is -2.32. The summed E-state index contributed by atoms with van der Waals surface area (Å²) >= 11 is 3.37. The molecule has 0 spiro atoms. The third-order valence-corrected chi connectivity index (χ3v) is 4.28. The van der Waals surface area contributed by atoms with Crippen LogP contribution < -0.4 is 5.32 Å². The van der Waals surface area contributed by atoms with Gasteiger partial charge in [-0.2, -0.15) is 0 Å². The number of anilines is 1. The van der Waals surface area contributed by atoms with E-state index in [-0.39, 0.29) is 11.8 Å². The summed E-state index contributed by atoms with van der Waals surface area (Å²) in [7, 11) is 0. The van der Waals surface area contributed by atoms with E-state index in [0.29, 0.717) is 6.54 Å². The summed E-state index contributed by atoms with van der Waals surface area (Å²) in [5, 5.41) is 15.2. The van der Waals surface area contributed by atoms with Gasteiger partial charge < -0.3 is 10.5 Å². The first-order valence-electron chi connectivity index (χ1n) is 7.11. The highest BCUT2D eigenvalue weighted by Crippen LogP contribution is 2.18. The minimum Gasteiger partial charge on any atom is -0.411 e. The molecular formula is C15H20BrN3O2. The largest absolute Gasteiger partial charge is 0.411 e. The number of halogens is 1. The van der Waals surface area contributed by atoms with Gasteiger partial charge in [0.1, 0.15) is 0 Å². The Balaban J connectivity index is 1.87. The van der Waals surface area contributed by atoms with Crippen LogP contribution in [0.1, 0.15) is 19.8 Å². The Morgan fingerprint density at radius 3 is 2.81 bits per heavy atom. The number of carbonyl (C=O) groups excluding carboxylic acids is 1. The number of likely N-dealkylation sites (tertiary alicyclic amines) is 1. The maximum Gasteiger partial charge on any atom is 0.238 e. The molecule has 1 heterocycles. The Labute approximate surface area is 133 Å². The normalized spacial score (nSPS) is 21.4. The minimum atomic E-state index is -0.0171. The van der Waals surface area contributed by atoms with Gasteiger partial charge in [0.2, 0.25) is 5.91 Å². The molecule has 114 valence electrons. The SMILES string of the molecule is CCC1CN(CC(=O)Nc2ccc(Br)cc2)CC/C1=N\O. The van der Waals surface area contributed by atoms with Crippen molar-refractivity contribution in [1.29, 1.82) is 0 Å². The van der Waals surface area contributed by atoms with Crippen molar-refractivity contribution in [3.05, 3.63) is 28.7 Å². The third kappa shape index (κ3) is 4.54. The van der Waals surface area contributed by atoms with E-state index in [2.05, 4.69) is 38.2 Å². The van der Waals surface area contributed by atoms with Crippen molar-refractivity contribution in [3.8, 4) is 0 Å². The van der Waals surface area contributed by atoms with Gasteiger partial charge in [0, 0.05) is 35.6 Å². The maximum absolute atomic E-state index is 12.1. The second-order valence-electron chi connectivity index (χ2n) is 5.24. The highest BCUT2D eigenvalue weighted by molar-refractivity contribution is 9.10. The van der Waals surface area contributed by atoms with Gasteiger partial charge in [-0.05, 0) is 30.7 Å². The summed E-state index contributed by atoms with van der Waals surface area (Å²) in [6.45, 7) is 3.96. The predicted molar refractivity (Wildman–Crippen MR) is 86.8 cm³/mol. The molecule has 1 fully saturated rings. The summed E-state index contributed by atoms with van der Waals surface area (Å²) in [5.74, 6) is 0.223. The molecule has 1 aromatic rings. The molecule has 0 bridgehead atoms. The van der Waals surface area contributed by atoms with Crippen molar-refractivity contribution in [3.63, 3.8) is 0 Å². The molecule has 2 rings (SSSR count). The first-order chi connectivity index (χ1) is 10.1. The molecular weight excluding hydrogens is 334 g/mol. The quantitative estimate of drug-likeness (QED) is 0.645. The average Bonchev–Trinajstić information content (AvgIpc) is 2.49. The Morgan fingerprint density at radius 2 is 2.19 bits per heavy atom. The van der Waals surface area contributed by atoms with Gasteiger partial charge in [0.15, 0.2) is 0 Å². The van der Waals surface area contributed by atoms with Crippen molar-refractivity contribution < 1.29 is 10.0 Å². The molecule has 0 aromatic heterocycles. The van der Waals surface area contributed by atoms with E-state index < -0.39 is 0 Å². The average molecular weight is 354 g/mol. The van der Waals surface area contributed by atoms with Gasteiger partial charge in [-0.3, -0.25) is 9.69 Å². The second kappa shape index (κ2) is 7.56. The highest BCUT2D eigenvalue weighted by Gasteiger charge is 2.25. The topological polar surface area (TPSA) is 64.9 Å². The van der Waals surface area contributed by atoms with Gasteiger partial charge >= 0.3 is 0 Å². The van der Waals surface area contributed by atoms with Crippen molar-refractivity contribution in [2.45, 2.75) is 19.8 Å². The van der Waals surface area contributed by atoms with Gasteiger partial charge in [0.25, 0.3) is 0 Å². The van der Waals surface area contributed by atoms with Crippen LogP contribution in [0.3, 0.4) is 0 Å². The zero-order chi connectivity index (χ0) is 15.2. The fourth-order valence-electron chi connectivity index (χ4n) is 2.56. The van der Waals surface area contributed by atoms with E-state index in [0.717, 1.165) is 41.8 Å². The zero-order valence-electron chi connectivity index (χ0n) is 12.1. The van der Waals surface area contributed by atoms with Crippen LogP contribution in [0.4, 0.5) is 5.69 Å². The van der Waals surface area contributed by atoms with Crippen molar-refractivity contribution >= 4 is 33.2 Å². The maximum atomic E-state index is 12.1. The van der Waals surface area contributed by atoms with E-state index in [1.807, 2.05) is 24.3 Å². The number of piperidine rings is 1. The molecule has 0 saturated carbocycles. The second-order valence-corrected chi connectivity index (χ2v) is 6.15. The lowest BCUT2D eigenvalue weighted by molar-refractivity contribution is -0.117. The van der Waals surface area contributed by atoms with Crippen molar-refractivity contribution in [2.24, 2.45) is 11.1 Å². The number of carbonyl (C=O) groups is 1. The van der Waals surface area contributed by atoms with E-state index in [1.165, 1.54) is 0 Å². The highest BCUT2D eigenvalue weighted by atomic mass is 79.9. The third-order valence-electron chi connectivity index (χ3n) is 3.75. The van der Waals surface area contributed by atoms with Gasteiger partial charge in [-0.15, -0.1) is 0 Å². The molecule has 5 nitrogen and oxygen atoms in total. The van der Waals surface area contributed by atoms with Crippen LogP contribution in [0, 0.1) is 5.92 Å². The van der Waals surface area contributed by atoms with E-state index in [1.54, 1.807) is 0 Å². The van der Waals surface area contributed by atoms with Crippen LogP contribution in [0.5, 0.6) is 0 Å². The lowest BCUT2D eigenvalue weighted by Crippen LogP contribution is -2.44. The number of hydrogen-bond acceptors (Lipinski definition) is 4. The zero-order valence-corrected chi connectivity index (χ0v) is 13.6. The van der Waals surface area contributed by atoms with E-state index in [4.69, 9.17) is 5.21 Å². The number of rotatable bonds is 4. The molecule has 0 radical (unpaired) electrons. The van der Waals surface area contributed by atoms with Crippen LogP contribution in [0.2, 0.25) is 0 Å². The number of benzene rings is 1. The molecule has 1 aromatic carbocycles. The predicted octanol–water partition coefficient (Wildman–Crippen LogP) is 2.95. The molecule has 1 aliphatic rings. The summed E-state index contributed by atoms with van der Waals surface area (Å²) in [4.78, 5) is 14.2. The summed E-state index contributed by atoms with van der Waals surface area (Å²) < 4.78 is 0.984. The fourth-order valence-corrected chi connectivity index (χ4v) is 2.83. The van der Waals surface area contributed by atoms with E-state index in [9.17, 15) is 4.79 Å². The molecule has 21 heavy (non-hydrogen) atoms. The molecule has 0 aliphatic carbocycles. The first kappa shape index (κ1) is 16.0. The molecule has 1 amide bonds. The molecule has 1 aliphatic heterocycles. The lowest BCUT2D eigenvalue weighted by atomic mass is 9.93. The Bertz CT molecular complexity index is 516. The molecule has 6 heteroatoms. The van der Waals surface area contributed by atoms with Gasteiger partial charge in [0.05, 0.1) is 12.3 Å². The van der Waals surface area contributed by atoms with Crippen LogP contribution in [-0.4, -0.2) is 41.4 Å². The monoisotopic (exact) mass is 353 g/mol. The number of nitrogens with one attached hydrogen (secondary N) is 1. The molecule has 1 atom stereocenters. The van der Waals surface area contributed by atoms with Crippen molar-refractivity contribution in [2.75, 3.05) is 25.0 Å². The Hall–Kier alpha value is -1.40. The number of hydrogen-bond donors (Lipinski definition) is 2. The number of nitrogens with zero attached hydrogens (tertiary/aromatic N) is 2. The number of oxime groups is 1. The summed E-state index contributed by atoms with van der Waals surface area (Å²) in [6.07, 6.45) is 1.64. The minimum absolute atomic E-state index is 0.0171. The standard InChI is InChI=1S/C15H20BrN3O2/c1-2-11-9-19(8-7-14(11)18-21)10-15(20)17-13-5-3-12(16)4-6-13/h3-6,11,21H,2,7-10H2,1H3,(H,17,20)/b18-14+. The molecule has 2 N–H and O–H groups in total. The van der Waals surface area contributed by atoms with E-state index >= 15 is 0 Å². The van der Waals surface area contributed by atoms with Gasteiger partial charge in [-0.25, -0.2) is 0 Å². The van der Waals surface area contributed by atoms with Crippen LogP contribution in [0.15, 0.2) is 33.9 Å². The van der Waals surface area contributed by atoms with Crippen LogP contribution in [-0.2, 0) is 4.79 Å². The van der Waals surface area contributed by atoms with Gasteiger partial charge in [-0.1, -0.05) is 28.0 Å². The summed E-state index contributed by atoms with van der Waals surface area (Å²) in [6, 6.07) is 7.52. The Morgan fingerprint density at radius 1 is 1.48 bits per heavy atom. The Kier molecular flexibility index (Phi) is 5.76. The smallest absolute Gasteiger partial charge is 0.238 e. The van der Waals surface area contributed by atoms with Crippen LogP contribution >= 0.6 is 15.9 Å². The fraction of sp³-hybridized carbons (Fsp3) is 0.467. The molecule has 1 unspecified atom stereocenters. The first-order valence-corrected chi connectivity index (χ1v) is 7.90. The number of amides is 1. The van der Waals surface area contributed by atoms with Crippen molar-refractivity contribution in [1.82, 2.24) is 4.90 Å². The summed E-state index contributed by atoms with van der Waals surface area (Å²) in [5.41, 5.74) is 1.65. The molecule has 1 saturated heterocycles.